The second-order valence-electron chi connectivity index (χ2n) is 6.35. The lowest BCUT2D eigenvalue weighted by molar-refractivity contribution is -0.146. The van der Waals surface area contributed by atoms with Crippen molar-refractivity contribution < 1.29 is 18.4 Å². The van der Waals surface area contributed by atoms with Gasteiger partial charge in [-0.05, 0) is 36.6 Å². The molecule has 3 aromatic rings. The molecule has 0 aliphatic heterocycles. The molecule has 1 aromatic carbocycles. The minimum atomic E-state index is -0.438. The molecule has 4 rings (SSSR count). The molecule has 2 unspecified atom stereocenters. The summed E-state index contributed by atoms with van der Waals surface area (Å²) >= 11 is 0. The lowest BCUT2D eigenvalue weighted by Crippen LogP contribution is -2.10. The van der Waals surface area contributed by atoms with Crippen LogP contribution in [0, 0.1) is 5.92 Å². The first kappa shape index (κ1) is 15.7. The summed E-state index contributed by atoms with van der Waals surface area (Å²) in [7, 11) is 0. The van der Waals surface area contributed by atoms with Gasteiger partial charge in [-0.15, -0.1) is 0 Å². The minimum Gasteiger partial charge on any atom is -0.469 e. The standard InChI is InChI=1S/C20H18O5/c1-2-12-5-6-14-13(9-19(21)25-18(14)8-12)11-24-20(22)16-10-15(16)17-4-3-7-23-17/h3-9,15-16H,2,10-11H2,1H3. The molecule has 128 valence electrons. The second kappa shape index (κ2) is 6.24. The SMILES string of the molecule is CCc1ccc2c(COC(=O)C3CC3c3ccco3)cc(=O)oc2c1. The number of carbonyl (C=O) groups excluding carboxylic acids is 1. The molecule has 2 atom stereocenters. The Kier molecular flexibility index (Phi) is 3.92. The van der Waals surface area contributed by atoms with Gasteiger partial charge in [0.25, 0.3) is 0 Å². The van der Waals surface area contributed by atoms with Crippen LogP contribution in [0.25, 0.3) is 11.0 Å². The normalized spacial score (nSPS) is 19.1. The Balaban J connectivity index is 1.49. The summed E-state index contributed by atoms with van der Waals surface area (Å²) in [5.74, 6) is 0.504. The number of esters is 1. The van der Waals surface area contributed by atoms with Gasteiger partial charge in [0.05, 0.1) is 12.2 Å². The maximum atomic E-state index is 12.2. The first-order chi connectivity index (χ1) is 12.2. The quantitative estimate of drug-likeness (QED) is 0.523. The van der Waals surface area contributed by atoms with E-state index >= 15 is 0 Å². The maximum absolute atomic E-state index is 12.2. The Labute approximate surface area is 144 Å². The van der Waals surface area contributed by atoms with Crippen molar-refractivity contribution in [2.45, 2.75) is 32.3 Å². The number of fused-ring (bicyclic) bond motifs is 1. The summed E-state index contributed by atoms with van der Waals surface area (Å²) in [6.07, 6.45) is 3.20. The molecule has 0 saturated heterocycles. The van der Waals surface area contributed by atoms with E-state index in [1.54, 1.807) is 6.26 Å². The van der Waals surface area contributed by atoms with Gasteiger partial charge in [0, 0.05) is 22.9 Å². The van der Waals surface area contributed by atoms with Gasteiger partial charge in [0.15, 0.2) is 0 Å². The van der Waals surface area contributed by atoms with Crippen LogP contribution < -0.4 is 5.63 Å². The van der Waals surface area contributed by atoms with Gasteiger partial charge in [0.2, 0.25) is 0 Å². The number of hydrogen-bond acceptors (Lipinski definition) is 5. The summed E-state index contributed by atoms with van der Waals surface area (Å²) < 4.78 is 16.0. The van der Waals surface area contributed by atoms with E-state index in [2.05, 4.69) is 0 Å². The predicted octanol–water partition coefficient (Wildman–Crippen LogP) is 3.80. The highest BCUT2D eigenvalue weighted by Crippen LogP contribution is 2.48. The van der Waals surface area contributed by atoms with Crippen molar-refractivity contribution in [2.24, 2.45) is 5.92 Å². The summed E-state index contributed by atoms with van der Waals surface area (Å²) in [6, 6.07) is 10.8. The van der Waals surface area contributed by atoms with Gasteiger partial charge >= 0.3 is 11.6 Å². The van der Waals surface area contributed by atoms with Gasteiger partial charge in [-0.3, -0.25) is 4.79 Å². The van der Waals surface area contributed by atoms with Crippen molar-refractivity contribution in [2.75, 3.05) is 0 Å². The zero-order chi connectivity index (χ0) is 17.4. The fourth-order valence-corrected chi connectivity index (χ4v) is 3.14. The Morgan fingerprint density at radius 1 is 1.28 bits per heavy atom. The topological polar surface area (TPSA) is 69.7 Å². The molecule has 0 spiro atoms. The maximum Gasteiger partial charge on any atom is 0.336 e. The van der Waals surface area contributed by atoms with E-state index < -0.39 is 5.63 Å². The molecule has 0 N–H and O–H groups in total. The molecule has 2 heterocycles. The van der Waals surface area contributed by atoms with Gasteiger partial charge in [0.1, 0.15) is 18.0 Å². The molecule has 1 saturated carbocycles. The summed E-state index contributed by atoms with van der Waals surface area (Å²) in [6.45, 7) is 2.10. The molecule has 1 aliphatic carbocycles. The molecule has 5 heteroatoms. The smallest absolute Gasteiger partial charge is 0.336 e. The Hall–Kier alpha value is -2.82. The van der Waals surface area contributed by atoms with Crippen molar-refractivity contribution in [1.82, 2.24) is 0 Å². The highest BCUT2D eigenvalue weighted by molar-refractivity contribution is 5.81. The summed E-state index contributed by atoms with van der Waals surface area (Å²) in [5, 5.41) is 0.794. The van der Waals surface area contributed by atoms with Crippen LogP contribution in [0.5, 0.6) is 0 Å². The van der Waals surface area contributed by atoms with Crippen LogP contribution in [0.4, 0.5) is 0 Å². The van der Waals surface area contributed by atoms with Crippen LogP contribution in [0.2, 0.25) is 0 Å². The molecule has 25 heavy (non-hydrogen) atoms. The molecular weight excluding hydrogens is 320 g/mol. The van der Waals surface area contributed by atoms with E-state index in [1.807, 2.05) is 37.3 Å². The van der Waals surface area contributed by atoms with E-state index in [0.717, 1.165) is 29.6 Å². The lowest BCUT2D eigenvalue weighted by atomic mass is 10.1. The largest absolute Gasteiger partial charge is 0.469 e. The Bertz CT molecular complexity index is 967. The minimum absolute atomic E-state index is 0.0633. The Morgan fingerprint density at radius 3 is 2.92 bits per heavy atom. The number of carbonyl (C=O) groups is 1. The fraction of sp³-hybridized carbons (Fsp3) is 0.300. The summed E-state index contributed by atoms with van der Waals surface area (Å²) in [4.78, 5) is 24.0. The van der Waals surface area contributed by atoms with Crippen molar-refractivity contribution in [3.05, 3.63) is 70.0 Å². The van der Waals surface area contributed by atoms with Crippen LogP contribution in [0.15, 0.2) is 56.3 Å². The van der Waals surface area contributed by atoms with Crippen LogP contribution in [0.1, 0.15) is 36.1 Å². The average Bonchev–Trinajstić information content (AvgIpc) is 3.23. The van der Waals surface area contributed by atoms with Crippen molar-refractivity contribution >= 4 is 16.9 Å². The van der Waals surface area contributed by atoms with E-state index in [1.165, 1.54) is 6.07 Å². The molecule has 1 fully saturated rings. The molecule has 2 aromatic heterocycles. The molecule has 0 amide bonds. The number of benzene rings is 1. The van der Waals surface area contributed by atoms with E-state index in [-0.39, 0.29) is 24.4 Å². The van der Waals surface area contributed by atoms with E-state index in [0.29, 0.717) is 11.1 Å². The highest BCUT2D eigenvalue weighted by Gasteiger charge is 2.47. The van der Waals surface area contributed by atoms with Crippen LogP contribution in [-0.4, -0.2) is 5.97 Å². The molecule has 0 radical (unpaired) electrons. The third-order valence-electron chi connectivity index (χ3n) is 4.67. The fourth-order valence-electron chi connectivity index (χ4n) is 3.14. The third-order valence-corrected chi connectivity index (χ3v) is 4.67. The zero-order valence-corrected chi connectivity index (χ0v) is 13.9. The monoisotopic (exact) mass is 338 g/mol. The molecule has 0 bridgehead atoms. The van der Waals surface area contributed by atoms with Gasteiger partial charge in [-0.2, -0.15) is 0 Å². The lowest BCUT2D eigenvalue weighted by Gasteiger charge is -2.08. The number of furan rings is 1. The number of rotatable bonds is 5. The number of ether oxygens (including phenoxy) is 1. The summed E-state index contributed by atoms with van der Waals surface area (Å²) in [5.41, 5.74) is 1.84. The van der Waals surface area contributed by atoms with Crippen LogP contribution >= 0.6 is 0 Å². The van der Waals surface area contributed by atoms with Gasteiger partial charge < -0.3 is 13.6 Å². The van der Waals surface area contributed by atoms with Crippen molar-refractivity contribution in [1.29, 1.82) is 0 Å². The molecular formula is C20H18O5. The Morgan fingerprint density at radius 2 is 2.16 bits per heavy atom. The van der Waals surface area contributed by atoms with Crippen LogP contribution in [0.3, 0.4) is 0 Å². The number of aryl methyl sites for hydroxylation is 1. The van der Waals surface area contributed by atoms with E-state index in [4.69, 9.17) is 13.6 Å². The second-order valence-corrected chi connectivity index (χ2v) is 6.35. The van der Waals surface area contributed by atoms with Crippen molar-refractivity contribution in [3.8, 4) is 0 Å². The first-order valence-electron chi connectivity index (χ1n) is 8.41. The van der Waals surface area contributed by atoms with Crippen molar-refractivity contribution in [3.63, 3.8) is 0 Å². The van der Waals surface area contributed by atoms with E-state index in [9.17, 15) is 9.59 Å². The third kappa shape index (κ3) is 3.09. The average molecular weight is 338 g/mol. The van der Waals surface area contributed by atoms with Crippen LogP contribution in [-0.2, 0) is 22.6 Å². The first-order valence-corrected chi connectivity index (χ1v) is 8.41. The number of hydrogen-bond donors (Lipinski definition) is 0. The molecule has 5 nitrogen and oxygen atoms in total. The van der Waals surface area contributed by atoms with Gasteiger partial charge in [-0.25, -0.2) is 4.79 Å². The predicted molar refractivity (Wildman–Crippen MR) is 91.2 cm³/mol. The highest BCUT2D eigenvalue weighted by atomic mass is 16.5. The molecule has 1 aliphatic rings. The van der Waals surface area contributed by atoms with Gasteiger partial charge in [-0.1, -0.05) is 19.1 Å². The zero-order valence-electron chi connectivity index (χ0n) is 13.9.